The largest absolute Gasteiger partial charge is 0.326 e. The predicted molar refractivity (Wildman–Crippen MR) is 112 cm³/mol. The number of rotatable bonds is 8. The quantitative estimate of drug-likeness (QED) is 0.665. The van der Waals surface area contributed by atoms with Crippen molar-refractivity contribution in [2.75, 3.05) is 22.4 Å². The highest BCUT2D eigenvalue weighted by Crippen LogP contribution is 2.30. The molecule has 0 aliphatic heterocycles. The first-order valence-corrected chi connectivity index (χ1v) is 11.0. The molecule has 0 aliphatic carbocycles. The Kier molecular flexibility index (Phi) is 7.69. The molecule has 2 rings (SSSR count). The molecular weight excluding hydrogens is 421 g/mol. The summed E-state index contributed by atoms with van der Waals surface area (Å²) in [6.07, 6.45) is 1.81. The molecule has 28 heavy (non-hydrogen) atoms. The average molecular weight is 440 g/mol. The van der Waals surface area contributed by atoms with Crippen molar-refractivity contribution in [2.45, 2.75) is 19.3 Å². The second-order valence-electron chi connectivity index (χ2n) is 6.11. The minimum Gasteiger partial charge on any atom is -0.326 e. The summed E-state index contributed by atoms with van der Waals surface area (Å²) in [5.41, 5.74) is 1.76. The summed E-state index contributed by atoms with van der Waals surface area (Å²) >= 11 is 12.1. The number of nitriles is 1. The maximum Gasteiger partial charge on any atom is 0.232 e. The van der Waals surface area contributed by atoms with Crippen molar-refractivity contribution >= 4 is 50.5 Å². The third-order valence-corrected chi connectivity index (χ3v) is 5.60. The van der Waals surface area contributed by atoms with Crippen molar-refractivity contribution in [3.63, 3.8) is 0 Å². The Morgan fingerprint density at radius 2 is 1.86 bits per heavy atom. The Morgan fingerprint density at radius 1 is 1.18 bits per heavy atom. The lowest BCUT2D eigenvalue weighted by atomic mass is 10.1. The van der Waals surface area contributed by atoms with Crippen LogP contribution in [0.5, 0.6) is 0 Å². The van der Waals surface area contributed by atoms with Gasteiger partial charge in [-0.1, -0.05) is 35.3 Å². The molecule has 6 nitrogen and oxygen atoms in total. The fourth-order valence-electron chi connectivity index (χ4n) is 2.55. The van der Waals surface area contributed by atoms with E-state index in [1.54, 1.807) is 30.3 Å². The van der Waals surface area contributed by atoms with E-state index in [0.717, 1.165) is 16.1 Å². The number of carbonyl (C=O) groups is 1. The topological polar surface area (TPSA) is 90.3 Å². The van der Waals surface area contributed by atoms with Crippen molar-refractivity contribution in [3.8, 4) is 6.07 Å². The number of hydrogen-bond acceptors (Lipinski definition) is 4. The summed E-state index contributed by atoms with van der Waals surface area (Å²) in [6.45, 7) is 0.0907. The van der Waals surface area contributed by atoms with Gasteiger partial charge in [0.25, 0.3) is 0 Å². The SMILES string of the molecule is CS(=O)(=O)N(CCCC(=O)Nc1ccc(CC#N)cc1)c1cc(Cl)ccc1Cl. The fraction of sp³-hybridized carbons (Fsp3) is 0.263. The van der Waals surface area contributed by atoms with E-state index in [1.807, 2.05) is 0 Å². The molecule has 0 aliphatic rings. The number of nitrogens with zero attached hydrogens (tertiary/aromatic N) is 2. The average Bonchev–Trinajstić information content (AvgIpc) is 2.62. The molecule has 0 aromatic heterocycles. The van der Waals surface area contributed by atoms with E-state index in [4.69, 9.17) is 28.5 Å². The Balaban J connectivity index is 1.97. The van der Waals surface area contributed by atoms with Crippen molar-refractivity contribution < 1.29 is 13.2 Å². The van der Waals surface area contributed by atoms with E-state index in [-0.39, 0.29) is 29.6 Å². The summed E-state index contributed by atoms with van der Waals surface area (Å²) in [7, 11) is -3.59. The van der Waals surface area contributed by atoms with Gasteiger partial charge in [-0.05, 0) is 42.3 Å². The lowest BCUT2D eigenvalue weighted by molar-refractivity contribution is -0.116. The van der Waals surface area contributed by atoms with E-state index in [1.165, 1.54) is 12.1 Å². The van der Waals surface area contributed by atoms with Gasteiger partial charge in [0, 0.05) is 23.7 Å². The van der Waals surface area contributed by atoms with Gasteiger partial charge in [-0.15, -0.1) is 0 Å². The fourth-order valence-corrected chi connectivity index (χ4v) is 3.95. The van der Waals surface area contributed by atoms with Crippen molar-refractivity contribution in [1.82, 2.24) is 0 Å². The van der Waals surface area contributed by atoms with Crippen LogP contribution in [-0.4, -0.2) is 27.1 Å². The molecule has 9 heteroatoms. The van der Waals surface area contributed by atoms with Gasteiger partial charge in [-0.3, -0.25) is 9.10 Å². The maximum atomic E-state index is 12.1. The van der Waals surface area contributed by atoms with Crippen molar-refractivity contribution in [3.05, 3.63) is 58.1 Å². The van der Waals surface area contributed by atoms with Crippen LogP contribution in [0.15, 0.2) is 42.5 Å². The molecule has 0 unspecified atom stereocenters. The highest BCUT2D eigenvalue weighted by molar-refractivity contribution is 7.92. The standard InChI is InChI=1S/C19H19Cl2N3O3S/c1-28(26,27)24(18-13-15(20)6-9-17(18)21)12-2-3-19(25)23-16-7-4-14(5-8-16)10-11-22/h4-9,13H,2-3,10,12H2,1H3,(H,23,25). The minimum atomic E-state index is -3.59. The van der Waals surface area contributed by atoms with Gasteiger partial charge in [0.1, 0.15) is 0 Å². The summed E-state index contributed by atoms with van der Waals surface area (Å²) in [5, 5.41) is 12.0. The Hall–Kier alpha value is -2.27. The molecule has 148 valence electrons. The number of anilines is 2. The van der Waals surface area contributed by atoms with Crippen LogP contribution in [0.2, 0.25) is 10.0 Å². The van der Waals surface area contributed by atoms with Gasteiger partial charge in [-0.25, -0.2) is 8.42 Å². The Bertz CT molecular complexity index is 986. The van der Waals surface area contributed by atoms with Crippen LogP contribution in [0.3, 0.4) is 0 Å². The number of halogens is 2. The molecule has 0 saturated carbocycles. The minimum absolute atomic E-state index is 0.0907. The van der Waals surface area contributed by atoms with Crippen LogP contribution in [0.25, 0.3) is 0 Å². The van der Waals surface area contributed by atoms with Gasteiger partial charge in [-0.2, -0.15) is 5.26 Å². The first-order chi connectivity index (χ1) is 13.2. The molecule has 1 amide bonds. The number of amides is 1. The normalized spacial score (nSPS) is 10.9. The van der Waals surface area contributed by atoms with Crippen LogP contribution in [-0.2, 0) is 21.2 Å². The number of benzene rings is 2. The lowest BCUT2D eigenvalue weighted by Crippen LogP contribution is -2.31. The van der Waals surface area contributed by atoms with Gasteiger partial charge in [0.15, 0.2) is 0 Å². The van der Waals surface area contributed by atoms with Crippen LogP contribution in [0, 0.1) is 11.3 Å². The van der Waals surface area contributed by atoms with Crippen LogP contribution < -0.4 is 9.62 Å². The van der Waals surface area contributed by atoms with Gasteiger partial charge >= 0.3 is 0 Å². The zero-order chi connectivity index (χ0) is 20.7. The highest BCUT2D eigenvalue weighted by Gasteiger charge is 2.20. The number of hydrogen-bond donors (Lipinski definition) is 1. The molecular formula is C19H19Cl2N3O3S. The third-order valence-electron chi connectivity index (χ3n) is 3.86. The second kappa shape index (κ2) is 9.78. The molecule has 2 aromatic carbocycles. The monoisotopic (exact) mass is 439 g/mol. The van der Waals surface area contributed by atoms with Crippen molar-refractivity contribution in [2.24, 2.45) is 0 Å². The van der Waals surface area contributed by atoms with Crippen molar-refractivity contribution in [1.29, 1.82) is 5.26 Å². The van der Waals surface area contributed by atoms with Crippen LogP contribution in [0.1, 0.15) is 18.4 Å². The maximum absolute atomic E-state index is 12.1. The van der Waals surface area contributed by atoms with Crippen LogP contribution >= 0.6 is 23.2 Å². The first-order valence-electron chi connectivity index (χ1n) is 8.39. The number of nitrogens with one attached hydrogen (secondary N) is 1. The number of sulfonamides is 1. The van der Waals surface area contributed by atoms with E-state index in [0.29, 0.717) is 23.6 Å². The first kappa shape index (κ1) is 22.0. The molecule has 2 aromatic rings. The molecule has 0 saturated heterocycles. The Morgan fingerprint density at radius 3 is 2.46 bits per heavy atom. The van der Waals surface area contributed by atoms with E-state index in [2.05, 4.69) is 11.4 Å². The smallest absolute Gasteiger partial charge is 0.232 e. The summed E-state index contributed by atoms with van der Waals surface area (Å²) in [5.74, 6) is -0.237. The third kappa shape index (κ3) is 6.41. The lowest BCUT2D eigenvalue weighted by Gasteiger charge is -2.23. The van der Waals surface area contributed by atoms with E-state index in [9.17, 15) is 13.2 Å². The molecule has 0 spiro atoms. The molecule has 0 atom stereocenters. The molecule has 0 fully saturated rings. The second-order valence-corrected chi connectivity index (χ2v) is 8.86. The summed E-state index contributed by atoms with van der Waals surface area (Å²) < 4.78 is 25.4. The molecule has 0 radical (unpaired) electrons. The van der Waals surface area contributed by atoms with Gasteiger partial charge in [0.05, 0.1) is 29.5 Å². The van der Waals surface area contributed by atoms with Crippen LogP contribution in [0.4, 0.5) is 11.4 Å². The summed E-state index contributed by atoms with van der Waals surface area (Å²) in [4.78, 5) is 12.1. The van der Waals surface area contributed by atoms with Gasteiger partial charge < -0.3 is 5.32 Å². The predicted octanol–water partition coefficient (Wildman–Crippen LogP) is 4.24. The van der Waals surface area contributed by atoms with E-state index >= 15 is 0 Å². The number of carbonyl (C=O) groups excluding carboxylic acids is 1. The Labute approximate surface area is 174 Å². The molecule has 0 bridgehead atoms. The molecule has 0 heterocycles. The molecule has 1 N–H and O–H groups in total. The summed E-state index contributed by atoms with van der Waals surface area (Å²) in [6, 6.07) is 13.6. The zero-order valence-electron chi connectivity index (χ0n) is 15.2. The highest BCUT2D eigenvalue weighted by atomic mass is 35.5. The zero-order valence-corrected chi connectivity index (χ0v) is 17.5. The van der Waals surface area contributed by atoms with Gasteiger partial charge in [0.2, 0.25) is 15.9 Å². The van der Waals surface area contributed by atoms with E-state index < -0.39 is 10.0 Å².